The Bertz CT molecular complexity index is 2270. The standard InChI is InChI=1S/2C23H20N.2CH3.2ClH.H2Si.Zr/c2*1-16(2)18-12-20-13-19(17-8-4-3-5-9-17)15-21(20)22(14-18)23-10-6-7-11-24-23;;;;;;/h2*3-16H,1-2H3;2*1H3;2*1H;1H2;. The van der Waals surface area contributed by atoms with E-state index in [4.69, 9.17) is 9.97 Å². The van der Waals surface area contributed by atoms with Crippen molar-refractivity contribution in [3.8, 4) is 22.5 Å². The predicted molar refractivity (Wildman–Crippen MR) is 236 cm³/mol. The molecule has 274 valence electrons. The Hall–Kier alpha value is -3.66. The van der Waals surface area contributed by atoms with Gasteiger partial charge in [0.1, 0.15) is 0 Å². The molecule has 2 aromatic heterocycles. The summed E-state index contributed by atoms with van der Waals surface area (Å²) in [5.41, 5.74) is 18.6. The molecule has 54 heavy (non-hydrogen) atoms. The van der Waals surface area contributed by atoms with Gasteiger partial charge in [-0.1, -0.05) is 0 Å². The van der Waals surface area contributed by atoms with Crippen LogP contribution in [-0.2, 0) is 17.4 Å². The average molecular weight is 845 g/mol. The molecule has 2 heterocycles. The fraction of sp³-hybridized carbons (Fsp3) is 0.208. The second-order valence-electron chi connectivity index (χ2n) is 16.6. The fourth-order valence-corrected chi connectivity index (χ4v) is 27.6. The van der Waals surface area contributed by atoms with Gasteiger partial charge in [-0.3, -0.25) is 0 Å². The molecular weight excluding hydrogens is 795 g/mol. The van der Waals surface area contributed by atoms with E-state index in [1.807, 2.05) is 24.5 Å². The van der Waals surface area contributed by atoms with Gasteiger partial charge < -0.3 is 0 Å². The molecule has 8 rings (SSSR count). The zero-order valence-electron chi connectivity index (χ0n) is 32.1. The van der Waals surface area contributed by atoms with Crippen LogP contribution in [0.5, 0.6) is 0 Å². The van der Waals surface area contributed by atoms with Crippen LogP contribution in [0.1, 0.15) is 91.3 Å². The Morgan fingerprint density at radius 1 is 0.519 bits per heavy atom. The number of hydrogen-bond donors (Lipinski definition) is 0. The van der Waals surface area contributed by atoms with Crippen LogP contribution in [0.3, 0.4) is 0 Å². The van der Waals surface area contributed by atoms with Gasteiger partial charge in [-0.05, 0) is 0 Å². The van der Waals surface area contributed by atoms with E-state index in [1.165, 1.54) is 66.8 Å². The first-order chi connectivity index (χ1) is 25.0. The SMILES string of the molecule is CC(C)c1cc(-c2ccccn2)c2c(c1)[CH]([Zr]([CH3])([CH3])(=[SiH2])[CH]1C(c3ccccc3)=Cc3c(-c4ccccn4)cc(C(C)C)cc31)C(c1ccccc1)=C2.Cl.Cl. The molecule has 0 N–H and O–H groups in total. The van der Waals surface area contributed by atoms with Gasteiger partial charge in [0.2, 0.25) is 0 Å². The minimum atomic E-state index is -4.17. The van der Waals surface area contributed by atoms with Crippen molar-refractivity contribution in [3.63, 3.8) is 0 Å². The van der Waals surface area contributed by atoms with E-state index >= 15 is 0 Å². The number of fused-ring (bicyclic) bond motifs is 2. The Labute approximate surface area is 336 Å². The van der Waals surface area contributed by atoms with Gasteiger partial charge in [0.25, 0.3) is 0 Å². The molecule has 0 radical (unpaired) electrons. The third-order valence-electron chi connectivity index (χ3n) is 11.6. The molecule has 0 spiro atoms. The van der Waals surface area contributed by atoms with Gasteiger partial charge in [-0.15, -0.1) is 24.8 Å². The number of hydrogen-bond acceptors (Lipinski definition) is 2. The first-order valence-corrected chi connectivity index (χ1v) is 32.5. The van der Waals surface area contributed by atoms with Gasteiger partial charge in [0.05, 0.1) is 0 Å². The van der Waals surface area contributed by atoms with Crippen LogP contribution in [0, 0.1) is 0 Å². The molecule has 0 amide bonds. The van der Waals surface area contributed by atoms with Crippen molar-refractivity contribution in [1.82, 2.24) is 9.97 Å². The van der Waals surface area contributed by atoms with E-state index in [9.17, 15) is 0 Å². The quantitative estimate of drug-likeness (QED) is 0.143. The normalized spacial score (nSPS) is 16.2. The van der Waals surface area contributed by atoms with Gasteiger partial charge in [-0.2, -0.15) is 0 Å². The molecule has 2 nitrogen and oxygen atoms in total. The molecule has 2 atom stereocenters. The minimum absolute atomic E-state index is 0. The van der Waals surface area contributed by atoms with Gasteiger partial charge >= 0.3 is 314 Å². The molecule has 2 unspecified atom stereocenters. The van der Waals surface area contributed by atoms with Gasteiger partial charge in [-0.25, -0.2) is 0 Å². The van der Waals surface area contributed by atoms with Crippen LogP contribution in [0.15, 0.2) is 134 Å². The van der Waals surface area contributed by atoms with Crippen molar-refractivity contribution in [2.45, 2.75) is 56.0 Å². The second-order valence-corrected chi connectivity index (χ2v) is 47.1. The maximum atomic E-state index is 4.93. The molecule has 0 fully saturated rings. The maximum Gasteiger partial charge on any atom is -0.147 e. The molecular formula is C48H50Cl2N2SiZr. The molecule has 4 aromatic carbocycles. The summed E-state index contributed by atoms with van der Waals surface area (Å²) in [7, 11) is 0. The summed E-state index contributed by atoms with van der Waals surface area (Å²) in [6.07, 6.45) is 8.95. The third-order valence-corrected chi connectivity index (χ3v) is 28.8. The number of benzene rings is 4. The number of allylic oxidation sites excluding steroid dienone is 2. The average Bonchev–Trinajstić information content (AvgIpc) is 3.77. The van der Waals surface area contributed by atoms with Gasteiger partial charge in [0, 0.05) is 0 Å². The maximum absolute atomic E-state index is 4.93. The van der Waals surface area contributed by atoms with Crippen molar-refractivity contribution in [1.29, 1.82) is 0 Å². The molecule has 6 heteroatoms. The van der Waals surface area contributed by atoms with Crippen LogP contribution >= 0.6 is 24.8 Å². The summed E-state index contributed by atoms with van der Waals surface area (Å²) >= 11 is -4.17. The van der Waals surface area contributed by atoms with E-state index in [2.05, 4.69) is 165 Å². The van der Waals surface area contributed by atoms with Crippen LogP contribution < -0.4 is 0 Å². The molecule has 6 aromatic rings. The number of halogens is 2. The number of pyridine rings is 2. The molecule has 0 bridgehead atoms. The fourth-order valence-electron chi connectivity index (χ4n) is 9.12. The van der Waals surface area contributed by atoms with Gasteiger partial charge in [0.15, 0.2) is 0 Å². The summed E-state index contributed by atoms with van der Waals surface area (Å²) in [6, 6.07) is 45.0. The Kier molecular flexibility index (Phi) is 11.5. The Morgan fingerprint density at radius 2 is 0.889 bits per heavy atom. The van der Waals surface area contributed by atoms with E-state index in [1.54, 1.807) is 0 Å². The number of aromatic nitrogens is 2. The summed E-state index contributed by atoms with van der Waals surface area (Å²) in [5.74, 6) is 0.786. The molecule has 0 saturated heterocycles. The largest absolute Gasteiger partial charge is 0.147 e. The van der Waals surface area contributed by atoms with Crippen LogP contribution in [0.25, 0.3) is 45.8 Å². The van der Waals surface area contributed by atoms with Crippen LogP contribution in [-0.4, -0.2) is 16.8 Å². The summed E-state index contributed by atoms with van der Waals surface area (Å²) in [6.45, 7) is 11.7. The van der Waals surface area contributed by atoms with Crippen molar-refractivity contribution in [3.05, 3.63) is 178 Å². The summed E-state index contributed by atoms with van der Waals surface area (Å²) in [4.78, 5) is 9.85. The van der Waals surface area contributed by atoms with Crippen molar-refractivity contribution in [2.75, 3.05) is 0 Å². The Morgan fingerprint density at radius 3 is 1.22 bits per heavy atom. The molecule has 2 aliphatic carbocycles. The summed E-state index contributed by atoms with van der Waals surface area (Å²) < 4.78 is 6.11. The topological polar surface area (TPSA) is 25.8 Å². The number of nitrogens with zero attached hydrogens (tertiary/aromatic N) is 2. The van der Waals surface area contributed by atoms with Crippen molar-refractivity contribution in [2.24, 2.45) is 0 Å². The molecule has 0 saturated carbocycles. The van der Waals surface area contributed by atoms with Crippen molar-refractivity contribution < 1.29 is 17.4 Å². The van der Waals surface area contributed by atoms with Crippen LogP contribution in [0.4, 0.5) is 0 Å². The molecule has 0 aliphatic heterocycles. The summed E-state index contributed by atoms with van der Waals surface area (Å²) in [5, 5.41) is 0. The third kappa shape index (κ3) is 7.01. The first-order valence-electron chi connectivity index (χ1n) is 18.8. The minimum Gasteiger partial charge on any atom is -0.147 e. The van der Waals surface area contributed by atoms with E-state index in [0.717, 1.165) is 11.4 Å². The first kappa shape index (κ1) is 40.0. The smallest absolute Gasteiger partial charge is 0.147 e. The number of rotatable bonds is 8. The predicted octanol–water partition coefficient (Wildman–Crippen LogP) is 13.1. The van der Waals surface area contributed by atoms with E-state index < -0.39 is 17.4 Å². The molecule has 2 aliphatic rings. The second kappa shape index (κ2) is 15.5. The van der Waals surface area contributed by atoms with E-state index in [-0.39, 0.29) is 24.8 Å². The van der Waals surface area contributed by atoms with E-state index in [0.29, 0.717) is 19.1 Å². The van der Waals surface area contributed by atoms with Crippen LogP contribution in [0.2, 0.25) is 9.26 Å². The zero-order valence-corrected chi connectivity index (χ0v) is 37.6. The zero-order chi connectivity index (χ0) is 36.2. The monoisotopic (exact) mass is 842 g/mol. The Balaban J connectivity index is 0.00000249. The van der Waals surface area contributed by atoms with Crippen molar-refractivity contribution >= 4 is 55.0 Å².